The van der Waals surface area contributed by atoms with Crippen LogP contribution >= 0.6 is 22.9 Å². The molecular weight excluding hydrogens is 458 g/mol. The van der Waals surface area contributed by atoms with E-state index in [4.69, 9.17) is 16.3 Å². The monoisotopic (exact) mass is 481 g/mol. The highest BCUT2D eigenvalue weighted by atomic mass is 35.5. The number of nitrogens with zero attached hydrogens (tertiary/aromatic N) is 2. The maximum atomic E-state index is 12.6. The standard InChI is InChI=1S/C25H24ClN3O3S/c1-4-19-20(16-10-11-18(30)22(26)14(16)2)21-23(27-13-28-24(21)33-19)29-17(25(31)32-3)12-15-8-6-5-7-9-15/h5-11,13,17,30H,4,12H2,1-3H3,(H,27,28,29). The van der Waals surface area contributed by atoms with Gasteiger partial charge < -0.3 is 15.2 Å². The zero-order valence-electron chi connectivity index (χ0n) is 18.6. The molecule has 0 bridgehead atoms. The Kier molecular flexibility index (Phi) is 6.81. The number of carbonyl (C=O) groups is 1. The topological polar surface area (TPSA) is 84.3 Å². The molecular formula is C25H24ClN3O3S. The van der Waals surface area contributed by atoms with Crippen molar-refractivity contribution in [1.82, 2.24) is 9.97 Å². The molecule has 2 aromatic carbocycles. The molecule has 0 aliphatic carbocycles. The number of rotatable bonds is 7. The van der Waals surface area contributed by atoms with Crippen molar-refractivity contribution in [1.29, 1.82) is 0 Å². The number of phenols is 1. The molecule has 4 aromatic rings. The van der Waals surface area contributed by atoms with Gasteiger partial charge >= 0.3 is 5.97 Å². The summed E-state index contributed by atoms with van der Waals surface area (Å²) in [7, 11) is 1.38. The lowest BCUT2D eigenvalue weighted by Gasteiger charge is -2.18. The summed E-state index contributed by atoms with van der Waals surface area (Å²) in [6.45, 7) is 3.96. The molecule has 0 spiro atoms. The summed E-state index contributed by atoms with van der Waals surface area (Å²) in [5.41, 5.74) is 3.64. The van der Waals surface area contributed by atoms with Crippen molar-refractivity contribution < 1.29 is 14.6 Å². The number of esters is 1. The number of thiophene rings is 1. The van der Waals surface area contributed by atoms with Crippen LogP contribution in [0.15, 0.2) is 48.8 Å². The van der Waals surface area contributed by atoms with Gasteiger partial charge in [-0.05, 0) is 36.1 Å². The molecule has 8 heteroatoms. The van der Waals surface area contributed by atoms with Gasteiger partial charge in [0.05, 0.1) is 17.5 Å². The third-order valence-corrected chi connectivity index (χ3v) is 7.32. The Morgan fingerprint density at radius 3 is 2.67 bits per heavy atom. The van der Waals surface area contributed by atoms with Crippen LogP contribution in [0.4, 0.5) is 5.82 Å². The second kappa shape index (κ2) is 9.77. The van der Waals surface area contributed by atoms with E-state index in [1.807, 2.05) is 43.3 Å². The molecule has 2 heterocycles. The molecule has 0 radical (unpaired) electrons. The second-order valence-electron chi connectivity index (χ2n) is 7.64. The van der Waals surface area contributed by atoms with Gasteiger partial charge in [-0.15, -0.1) is 11.3 Å². The quantitative estimate of drug-likeness (QED) is 0.325. The van der Waals surface area contributed by atoms with E-state index in [0.29, 0.717) is 17.3 Å². The minimum absolute atomic E-state index is 0.0405. The average molecular weight is 482 g/mol. The Balaban J connectivity index is 1.85. The molecule has 0 amide bonds. The van der Waals surface area contributed by atoms with Gasteiger partial charge in [0.15, 0.2) is 0 Å². The first-order chi connectivity index (χ1) is 15.9. The molecule has 1 atom stereocenters. The van der Waals surface area contributed by atoms with Crippen LogP contribution < -0.4 is 5.32 Å². The molecule has 0 aliphatic rings. The summed E-state index contributed by atoms with van der Waals surface area (Å²) < 4.78 is 5.07. The third kappa shape index (κ3) is 4.51. The number of hydrogen-bond acceptors (Lipinski definition) is 7. The van der Waals surface area contributed by atoms with Crippen LogP contribution in [0, 0.1) is 6.92 Å². The lowest BCUT2D eigenvalue weighted by atomic mass is 9.97. The van der Waals surface area contributed by atoms with Crippen molar-refractivity contribution in [3.05, 3.63) is 69.8 Å². The number of nitrogens with one attached hydrogen (secondary N) is 1. The fourth-order valence-electron chi connectivity index (χ4n) is 3.91. The smallest absolute Gasteiger partial charge is 0.328 e. The van der Waals surface area contributed by atoms with Crippen molar-refractivity contribution in [2.75, 3.05) is 12.4 Å². The minimum atomic E-state index is -0.627. The zero-order chi connectivity index (χ0) is 23.5. The van der Waals surface area contributed by atoms with Crippen LogP contribution in [-0.2, 0) is 22.4 Å². The third-order valence-electron chi connectivity index (χ3n) is 5.60. The predicted octanol–water partition coefficient (Wildman–Crippen LogP) is 5.78. The van der Waals surface area contributed by atoms with Gasteiger partial charge in [0.25, 0.3) is 0 Å². The van der Waals surface area contributed by atoms with E-state index in [2.05, 4.69) is 22.2 Å². The molecule has 4 rings (SSSR count). The van der Waals surface area contributed by atoms with Crippen molar-refractivity contribution >= 4 is 44.9 Å². The normalized spacial score (nSPS) is 12.0. The number of aromatic hydroxyl groups is 1. The first-order valence-electron chi connectivity index (χ1n) is 10.6. The number of hydrogen-bond donors (Lipinski definition) is 2. The number of ether oxygens (including phenoxy) is 1. The van der Waals surface area contributed by atoms with Gasteiger partial charge in [0.2, 0.25) is 0 Å². The summed E-state index contributed by atoms with van der Waals surface area (Å²) in [6.07, 6.45) is 2.74. The van der Waals surface area contributed by atoms with E-state index in [0.717, 1.165) is 43.8 Å². The van der Waals surface area contributed by atoms with E-state index in [1.165, 1.54) is 13.4 Å². The molecule has 0 saturated carbocycles. The Bertz CT molecular complexity index is 1310. The fraction of sp³-hybridized carbons (Fsp3) is 0.240. The van der Waals surface area contributed by atoms with Crippen molar-refractivity contribution in [2.45, 2.75) is 32.7 Å². The van der Waals surface area contributed by atoms with Crippen LogP contribution in [0.5, 0.6) is 5.75 Å². The van der Waals surface area contributed by atoms with E-state index in [9.17, 15) is 9.90 Å². The van der Waals surface area contributed by atoms with Crippen LogP contribution in [-0.4, -0.2) is 34.2 Å². The number of anilines is 1. The highest BCUT2D eigenvalue weighted by Gasteiger charge is 2.25. The Labute approximate surface area is 201 Å². The molecule has 0 fully saturated rings. The second-order valence-corrected chi connectivity index (χ2v) is 9.10. The molecule has 33 heavy (non-hydrogen) atoms. The van der Waals surface area contributed by atoms with Gasteiger partial charge in [-0.1, -0.05) is 54.9 Å². The van der Waals surface area contributed by atoms with Crippen LogP contribution in [0.1, 0.15) is 22.9 Å². The Morgan fingerprint density at radius 2 is 1.97 bits per heavy atom. The lowest BCUT2D eigenvalue weighted by Crippen LogP contribution is -2.33. The Morgan fingerprint density at radius 1 is 1.21 bits per heavy atom. The highest BCUT2D eigenvalue weighted by molar-refractivity contribution is 7.19. The van der Waals surface area contributed by atoms with Crippen LogP contribution in [0.3, 0.4) is 0 Å². The number of phenolic OH excluding ortho intramolecular Hbond substituents is 1. The average Bonchev–Trinajstić information content (AvgIpc) is 3.22. The van der Waals surface area contributed by atoms with E-state index in [-0.39, 0.29) is 11.7 Å². The number of benzene rings is 2. The molecule has 6 nitrogen and oxygen atoms in total. The minimum Gasteiger partial charge on any atom is -0.506 e. The van der Waals surface area contributed by atoms with Gasteiger partial charge in [-0.2, -0.15) is 0 Å². The maximum absolute atomic E-state index is 12.6. The van der Waals surface area contributed by atoms with E-state index in [1.54, 1.807) is 17.4 Å². The largest absolute Gasteiger partial charge is 0.506 e. The van der Waals surface area contributed by atoms with Gasteiger partial charge in [-0.3, -0.25) is 0 Å². The van der Waals surface area contributed by atoms with Crippen molar-refractivity contribution in [3.63, 3.8) is 0 Å². The molecule has 2 aromatic heterocycles. The van der Waals surface area contributed by atoms with E-state index < -0.39 is 6.04 Å². The number of halogens is 1. The van der Waals surface area contributed by atoms with Crippen molar-refractivity contribution in [3.8, 4) is 16.9 Å². The van der Waals surface area contributed by atoms with Gasteiger partial charge in [-0.25, -0.2) is 14.8 Å². The number of fused-ring (bicyclic) bond motifs is 1. The zero-order valence-corrected chi connectivity index (χ0v) is 20.1. The summed E-state index contributed by atoms with van der Waals surface area (Å²) in [5.74, 6) is 0.224. The number of aryl methyl sites for hydroxylation is 1. The van der Waals surface area contributed by atoms with Crippen LogP contribution in [0.2, 0.25) is 5.02 Å². The summed E-state index contributed by atoms with van der Waals surface area (Å²) >= 11 is 7.95. The van der Waals surface area contributed by atoms with Gasteiger partial charge in [0, 0.05) is 16.9 Å². The first-order valence-corrected chi connectivity index (χ1v) is 11.8. The number of methoxy groups -OCH3 is 1. The predicted molar refractivity (Wildman–Crippen MR) is 133 cm³/mol. The van der Waals surface area contributed by atoms with Crippen molar-refractivity contribution in [2.24, 2.45) is 0 Å². The number of carbonyl (C=O) groups excluding carboxylic acids is 1. The molecule has 1 unspecified atom stereocenters. The van der Waals surface area contributed by atoms with Crippen LogP contribution in [0.25, 0.3) is 21.3 Å². The fourth-order valence-corrected chi connectivity index (χ4v) is 5.17. The molecule has 170 valence electrons. The summed E-state index contributed by atoms with van der Waals surface area (Å²) in [4.78, 5) is 23.6. The molecule has 2 N–H and O–H groups in total. The van der Waals surface area contributed by atoms with Gasteiger partial charge in [0.1, 0.15) is 28.8 Å². The summed E-state index contributed by atoms with van der Waals surface area (Å²) in [6, 6.07) is 12.6. The molecule has 0 aliphatic heterocycles. The lowest BCUT2D eigenvalue weighted by molar-refractivity contribution is -0.141. The first kappa shape index (κ1) is 23.0. The molecule has 0 saturated heterocycles. The number of aromatic nitrogens is 2. The Hall–Kier alpha value is -3.16. The SMILES string of the molecule is CCc1sc2ncnc(NC(Cc3ccccc3)C(=O)OC)c2c1-c1ccc(O)c(Cl)c1C. The maximum Gasteiger partial charge on any atom is 0.328 e. The summed E-state index contributed by atoms with van der Waals surface area (Å²) in [5, 5.41) is 14.5. The highest BCUT2D eigenvalue weighted by Crippen LogP contribution is 2.44. The van der Waals surface area contributed by atoms with E-state index >= 15 is 0 Å².